The summed E-state index contributed by atoms with van der Waals surface area (Å²) in [6.07, 6.45) is 3.94. The van der Waals surface area contributed by atoms with Gasteiger partial charge in [-0.25, -0.2) is 4.98 Å². The van der Waals surface area contributed by atoms with Crippen LogP contribution in [0.2, 0.25) is 0 Å². The molecule has 1 aromatic heterocycles. The maximum atomic E-state index is 12.8. The minimum atomic E-state index is -0.0647. The van der Waals surface area contributed by atoms with Gasteiger partial charge in [0.15, 0.2) is 5.82 Å². The summed E-state index contributed by atoms with van der Waals surface area (Å²) in [6.45, 7) is 2.74. The molecule has 136 valence electrons. The molecule has 1 aromatic carbocycles. The number of rotatable bonds is 2. The summed E-state index contributed by atoms with van der Waals surface area (Å²) in [5.74, 6) is 0.459. The average molecular weight is 558 g/mol. The molecule has 2 aliphatic heterocycles. The lowest BCUT2D eigenvalue weighted by Crippen LogP contribution is -2.43. The number of nitrogens with zero attached hydrogens (tertiary/aromatic N) is 2. The lowest BCUT2D eigenvalue weighted by molar-refractivity contribution is 0.0914. The van der Waals surface area contributed by atoms with Crippen molar-refractivity contribution in [2.45, 2.75) is 38.3 Å². The Bertz CT molecular complexity index is 833. The highest BCUT2D eigenvalue weighted by atomic mass is 79.9. The number of carbonyl (C=O) groups is 1. The molecule has 2 N–H and O–H groups in total. The van der Waals surface area contributed by atoms with Gasteiger partial charge in [-0.1, -0.05) is 0 Å². The van der Waals surface area contributed by atoms with Crippen LogP contribution in [0.15, 0.2) is 13.4 Å². The number of piperidine rings is 1. The third-order valence-electron chi connectivity index (χ3n) is 4.80. The maximum absolute atomic E-state index is 12.8. The fraction of sp³-hybridized carbons (Fsp3) is 0.500. The van der Waals surface area contributed by atoms with Crippen molar-refractivity contribution >= 4 is 77.1 Å². The maximum Gasteiger partial charge on any atom is 0.287 e. The number of hydrogen-bond donors (Lipinski definition) is 2. The van der Waals surface area contributed by atoms with Gasteiger partial charge in [0.1, 0.15) is 5.52 Å². The molecule has 0 radical (unpaired) electrons. The number of aryl methyl sites for hydroxylation is 2. The number of benzene rings is 1. The second-order valence-electron chi connectivity index (χ2n) is 6.31. The molecule has 4 rings (SSSR count). The first-order valence-corrected chi connectivity index (χ1v) is 10.5. The van der Waals surface area contributed by atoms with Gasteiger partial charge in [0.05, 0.1) is 9.99 Å². The first-order valence-electron chi connectivity index (χ1n) is 8.15. The van der Waals surface area contributed by atoms with Crippen molar-refractivity contribution in [3.05, 3.63) is 24.8 Å². The van der Waals surface area contributed by atoms with Crippen LogP contribution in [0.4, 0.5) is 0 Å². The average Bonchev–Trinajstić information content (AvgIpc) is 2.99. The third-order valence-corrected chi connectivity index (χ3v) is 8.30. The van der Waals surface area contributed by atoms with E-state index in [-0.39, 0.29) is 24.4 Å². The van der Waals surface area contributed by atoms with Gasteiger partial charge in [-0.05, 0) is 92.1 Å². The van der Waals surface area contributed by atoms with Crippen LogP contribution in [0.1, 0.15) is 35.4 Å². The minimum absolute atomic E-state index is 0. The Morgan fingerprint density at radius 3 is 2.60 bits per heavy atom. The Labute approximate surface area is 177 Å². The number of halogens is 4. The fourth-order valence-corrected chi connectivity index (χ4v) is 5.35. The zero-order valence-corrected chi connectivity index (χ0v) is 18.9. The van der Waals surface area contributed by atoms with E-state index in [1.54, 1.807) is 0 Å². The van der Waals surface area contributed by atoms with Gasteiger partial charge < -0.3 is 15.2 Å². The molecule has 3 heterocycles. The molecule has 25 heavy (non-hydrogen) atoms. The van der Waals surface area contributed by atoms with Crippen LogP contribution in [0.3, 0.4) is 0 Å². The number of carbonyl (C=O) groups excluding carboxylic acids is 1. The van der Waals surface area contributed by atoms with Crippen LogP contribution in [0.25, 0.3) is 11.0 Å². The van der Waals surface area contributed by atoms with E-state index in [9.17, 15) is 4.79 Å². The van der Waals surface area contributed by atoms with E-state index in [1.807, 2.05) is 0 Å². The molecule has 1 fully saturated rings. The molecule has 0 aliphatic carbocycles. The van der Waals surface area contributed by atoms with Crippen LogP contribution in [0.5, 0.6) is 0 Å². The smallest absolute Gasteiger partial charge is 0.287 e. The summed E-state index contributed by atoms with van der Waals surface area (Å²) in [4.78, 5) is 17.5. The summed E-state index contributed by atoms with van der Waals surface area (Å²) in [5.41, 5.74) is 3.15. The number of imidazole rings is 1. The van der Waals surface area contributed by atoms with Gasteiger partial charge in [0, 0.05) is 21.5 Å². The highest BCUT2D eigenvalue weighted by Crippen LogP contribution is 2.42. The highest BCUT2D eigenvalue weighted by molar-refractivity contribution is 9.14. The summed E-state index contributed by atoms with van der Waals surface area (Å²) >= 11 is 10.9. The zero-order valence-electron chi connectivity index (χ0n) is 13.4. The van der Waals surface area contributed by atoms with Crippen LogP contribution >= 0.6 is 60.2 Å². The monoisotopic (exact) mass is 554 g/mol. The molecule has 0 saturated carbocycles. The number of hydrogen-bond acceptors (Lipinski definition) is 3. The number of amides is 1. The molecule has 1 amide bonds. The van der Waals surface area contributed by atoms with Crippen LogP contribution in [0, 0.1) is 0 Å². The molecular formula is C16H18Br3ClN4O. The van der Waals surface area contributed by atoms with Crippen molar-refractivity contribution < 1.29 is 4.79 Å². The summed E-state index contributed by atoms with van der Waals surface area (Å²) in [6, 6.07) is 0.233. The fourth-order valence-electron chi connectivity index (χ4n) is 3.60. The highest BCUT2D eigenvalue weighted by Gasteiger charge is 2.28. The second-order valence-corrected chi connectivity index (χ2v) is 8.69. The van der Waals surface area contributed by atoms with E-state index in [0.717, 1.165) is 69.8 Å². The van der Waals surface area contributed by atoms with Gasteiger partial charge in [-0.2, -0.15) is 0 Å². The van der Waals surface area contributed by atoms with E-state index < -0.39 is 0 Å². The molecule has 0 bridgehead atoms. The lowest BCUT2D eigenvalue weighted by Gasteiger charge is -2.24. The summed E-state index contributed by atoms with van der Waals surface area (Å²) < 4.78 is 4.98. The van der Waals surface area contributed by atoms with Crippen LogP contribution in [-0.4, -0.2) is 34.6 Å². The summed E-state index contributed by atoms with van der Waals surface area (Å²) in [5, 5.41) is 6.48. The van der Waals surface area contributed by atoms with Gasteiger partial charge in [-0.15, -0.1) is 12.4 Å². The van der Waals surface area contributed by atoms with Gasteiger partial charge in [-0.3, -0.25) is 4.79 Å². The molecule has 0 atom stereocenters. The SMILES string of the molecule is Cl.O=C(NC1CCNCC1)c1nc2c(Br)c(Br)c(Br)c3c2n1CCC3. The zero-order chi connectivity index (χ0) is 16.8. The quantitative estimate of drug-likeness (QED) is 0.546. The molecule has 2 aromatic rings. The predicted molar refractivity (Wildman–Crippen MR) is 112 cm³/mol. The van der Waals surface area contributed by atoms with Gasteiger partial charge in [0.25, 0.3) is 5.91 Å². The van der Waals surface area contributed by atoms with E-state index >= 15 is 0 Å². The van der Waals surface area contributed by atoms with Gasteiger partial charge >= 0.3 is 0 Å². The van der Waals surface area contributed by atoms with Crippen LogP contribution < -0.4 is 10.6 Å². The Morgan fingerprint density at radius 1 is 1.16 bits per heavy atom. The predicted octanol–water partition coefficient (Wildman–Crippen LogP) is 4.17. The number of aromatic nitrogens is 2. The van der Waals surface area contributed by atoms with E-state index in [0.29, 0.717) is 5.82 Å². The van der Waals surface area contributed by atoms with E-state index in [4.69, 9.17) is 0 Å². The third kappa shape index (κ3) is 3.40. The Kier molecular flexibility index (Phi) is 6.15. The van der Waals surface area contributed by atoms with Crippen molar-refractivity contribution in [2.75, 3.05) is 13.1 Å². The molecular weight excluding hydrogens is 539 g/mol. The Balaban J connectivity index is 0.00000182. The van der Waals surface area contributed by atoms with Crippen molar-refractivity contribution in [3.63, 3.8) is 0 Å². The lowest BCUT2D eigenvalue weighted by atomic mass is 10.0. The molecule has 1 saturated heterocycles. The van der Waals surface area contributed by atoms with Gasteiger partial charge in [0.2, 0.25) is 0 Å². The molecule has 0 spiro atoms. The Morgan fingerprint density at radius 2 is 1.88 bits per heavy atom. The standard InChI is InChI=1S/C16H17Br3N4O.ClH/c17-10-9-2-1-7-23-14(9)13(12(19)11(10)18)22-15(23)16(24)21-8-3-5-20-6-4-8;/h8,20H,1-7H2,(H,21,24);1H. The Hall–Kier alpha value is -0.150. The number of nitrogens with one attached hydrogen (secondary N) is 2. The van der Waals surface area contributed by atoms with Crippen molar-refractivity contribution in [3.8, 4) is 0 Å². The first kappa shape index (κ1) is 19.6. The van der Waals surface area contributed by atoms with Crippen molar-refractivity contribution in [2.24, 2.45) is 0 Å². The van der Waals surface area contributed by atoms with Crippen molar-refractivity contribution in [1.29, 1.82) is 0 Å². The normalized spacial score (nSPS) is 17.4. The topological polar surface area (TPSA) is 59.0 Å². The molecule has 2 aliphatic rings. The van der Waals surface area contributed by atoms with Crippen LogP contribution in [-0.2, 0) is 13.0 Å². The minimum Gasteiger partial charge on any atom is -0.347 e. The summed E-state index contributed by atoms with van der Waals surface area (Å²) in [7, 11) is 0. The second kappa shape index (κ2) is 7.84. The van der Waals surface area contributed by atoms with E-state index in [1.165, 1.54) is 5.56 Å². The van der Waals surface area contributed by atoms with Crippen molar-refractivity contribution in [1.82, 2.24) is 20.2 Å². The van der Waals surface area contributed by atoms with E-state index in [2.05, 4.69) is 68.0 Å². The largest absolute Gasteiger partial charge is 0.347 e. The molecule has 9 heteroatoms. The first-order chi connectivity index (χ1) is 11.6. The molecule has 0 unspecified atom stereocenters. The molecule has 5 nitrogen and oxygen atoms in total.